The lowest BCUT2D eigenvalue weighted by atomic mass is 9.91. The predicted octanol–water partition coefficient (Wildman–Crippen LogP) is 14.0. The summed E-state index contributed by atoms with van der Waals surface area (Å²) in [6.45, 7) is 0. The maximum Gasteiger partial charge on any atom is 0.231 e. The van der Waals surface area contributed by atoms with Gasteiger partial charge in [0.2, 0.25) is 5.71 Å². The predicted molar refractivity (Wildman–Crippen MR) is 227 cm³/mol. The first kappa shape index (κ1) is 32.3. The third kappa shape index (κ3) is 6.28. The maximum atomic E-state index is 6.35. The van der Waals surface area contributed by atoms with E-state index >= 15 is 0 Å². The van der Waals surface area contributed by atoms with E-state index in [1.54, 1.807) is 0 Å². The van der Waals surface area contributed by atoms with Gasteiger partial charge in [-0.2, -0.15) is 4.98 Å². The van der Waals surface area contributed by atoms with Crippen molar-refractivity contribution in [2.24, 2.45) is 0 Å². The number of rotatable bonds is 7. The van der Waals surface area contributed by atoms with Crippen LogP contribution in [0.5, 0.6) is 0 Å². The Labute approximate surface area is 319 Å². The fraction of sp³-hybridized carbons (Fsp3) is 0. The molecule has 0 unspecified atom stereocenters. The summed E-state index contributed by atoms with van der Waals surface area (Å²) in [5.74, 6) is 0.620. The van der Waals surface area contributed by atoms with E-state index < -0.39 is 0 Å². The average molecular weight is 703 g/mol. The Bertz CT molecular complexity index is 2870. The Morgan fingerprint density at radius 2 is 0.673 bits per heavy atom. The number of benzene rings is 8. The van der Waals surface area contributed by atoms with Crippen molar-refractivity contribution < 1.29 is 4.42 Å². The van der Waals surface area contributed by atoms with E-state index in [-0.39, 0.29) is 0 Å². The second-order valence-corrected chi connectivity index (χ2v) is 13.8. The molecule has 2 aromatic heterocycles. The standard InChI is InChI=1S/C52H34N2O/c1-4-15-35(16-5-1)38-21-12-23-40(29-38)44-32-45(41-24-13-22-39(30-41)36-17-6-2-7-18-36)34-46(33-44)42-25-14-26-43(31-42)51-53-50(37-19-8-3-9-20-37)49-47-27-10-11-28-48(47)55-52(49)54-51/h1-34H. The van der Waals surface area contributed by atoms with E-state index in [9.17, 15) is 0 Å². The summed E-state index contributed by atoms with van der Waals surface area (Å²) in [5.41, 5.74) is 15.7. The first-order valence-corrected chi connectivity index (χ1v) is 18.6. The summed E-state index contributed by atoms with van der Waals surface area (Å²) in [5, 5.41) is 1.93. The number of hydrogen-bond donors (Lipinski definition) is 0. The van der Waals surface area contributed by atoms with E-state index in [1.807, 2.05) is 36.4 Å². The quantitative estimate of drug-likeness (QED) is 0.166. The molecule has 55 heavy (non-hydrogen) atoms. The first-order chi connectivity index (χ1) is 27.2. The summed E-state index contributed by atoms with van der Waals surface area (Å²) in [6, 6.07) is 72.6. The Hall–Kier alpha value is -7.36. The fourth-order valence-corrected chi connectivity index (χ4v) is 7.54. The Morgan fingerprint density at radius 3 is 1.20 bits per heavy atom. The molecule has 8 aromatic carbocycles. The molecular weight excluding hydrogens is 669 g/mol. The number of furan rings is 1. The van der Waals surface area contributed by atoms with Crippen LogP contribution in [0.15, 0.2) is 211 Å². The van der Waals surface area contributed by atoms with Crippen LogP contribution in [-0.4, -0.2) is 9.97 Å². The molecule has 3 nitrogen and oxygen atoms in total. The van der Waals surface area contributed by atoms with Crippen LogP contribution in [-0.2, 0) is 0 Å². The lowest BCUT2D eigenvalue weighted by Gasteiger charge is -2.14. The highest BCUT2D eigenvalue weighted by molar-refractivity contribution is 6.10. The largest absolute Gasteiger partial charge is 0.438 e. The van der Waals surface area contributed by atoms with Gasteiger partial charge >= 0.3 is 0 Å². The molecular formula is C52H34N2O. The number of nitrogens with zero attached hydrogens (tertiary/aromatic N) is 2. The fourth-order valence-electron chi connectivity index (χ4n) is 7.54. The molecule has 0 amide bonds. The second-order valence-electron chi connectivity index (χ2n) is 13.8. The van der Waals surface area contributed by atoms with Crippen LogP contribution >= 0.6 is 0 Å². The molecule has 0 saturated heterocycles. The SMILES string of the molecule is c1ccc(-c2cccc(-c3cc(-c4cccc(-c5ccccc5)c4)cc(-c4cccc(-c5nc(-c6ccccc6)c6c(n5)oc5ccccc56)c4)c3)c2)cc1. The normalized spacial score (nSPS) is 11.3. The molecule has 0 fully saturated rings. The van der Waals surface area contributed by atoms with Gasteiger partial charge in [-0.25, -0.2) is 4.98 Å². The second kappa shape index (κ2) is 13.9. The molecule has 0 aliphatic heterocycles. The van der Waals surface area contributed by atoms with E-state index in [1.165, 1.54) is 22.3 Å². The highest BCUT2D eigenvalue weighted by atomic mass is 16.3. The molecule has 3 heteroatoms. The van der Waals surface area contributed by atoms with Crippen molar-refractivity contribution in [2.45, 2.75) is 0 Å². The zero-order chi connectivity index (χ0) is 36.6. The molecule has 0 aliphatic carbocycles. The van der Waals surface area contributed by atoms with Gasteiger partial charge in [-0.1, -0.05) is 164 Å². The minimum atomic E-state index is 0.580. The first-order valence-electron chi connectivity index (χ1n) is 18.6. The van der Waals surface area contributed by atoms with E-state index in [0.717, 1.165) is 66.6 Å². The molecule has 0 N–H and O–H groups in total. The van der Waals surface area contributed by atoms with Gasteiger partial charge in [-0.15, -0.1) is 0 Å². The summed E-state index contributed by atoms with van der Waals surface area (Å²) in [4.78, 5) is 10.3. The van der Waals surface area contributed by atoms with Gasteiger partial charge in [0.15, 0.2) is 5.82 Å². The van der Waals surface area contributed by atoms with Crippen molar-refractivity contribution in [2.75, 3.05) is 0 Å². The number of para-hydroxylation sites is 1. The molecule has 0 radical (unpaired) electrons. The Balaban J connectivity index is 1.13. The topological polar surface area (TPSA) is 38.9 Å². The summed E-state index contributed by atoms with van der Waals surface area (Å²) in [7, 11) is 0. The van der Waals surface area contributed by atoms with Crippen molar-refractivity contribution in [3.05, 3.63) is 206 Å². The van der Waals surface area contributed by atoms with Crippen molar-refractivity contribution in [3.63, 3.8) is 0 Å². The zero-order valence-electron chi connectivity index (χ0n) is 29.9. The monoisotopic (exact) mass is 702 g/mol. The number of aromatic nitrogens is 2. The van der Waals surface area contributed by atoms with Crippen LogP contribution in [0.3, 0.4) is 0 Å². The smallest absolute Gasteiger partial charge is 0.231 e. The summed E-state index contributed by atoms with van der Waals surface area (Å²) >= 11 is 0. The van der Waals surface area contributed by atoms with Gasteiger partial charge in [-0.05, 0) is 98.1 Å². The van der Waals surface area contributed by atoms with Crippen LogP contribution in [0.4, 0.5) is 0 Å². The highest BCUT2D eigenvalue weighted by Gasteiger charge is 2.18. The van der Waals surface area contributed by atoms with Crippen molar-refractivity contribution >= 4 is 22.1 Å². The molecule has 0 bridgehead atoms. The molecule has 0 aliphatic rings. The number of hydrogen-bond acceptors (Lipinski definition) is 3. The van der Waals surface area contributed by atoms with Crippen molar-refractivity contribution in [1.29, 1.82) is 0 Å². The minimum absolute atomic E-state index is 0.580. The molecule has 10 aromatic rings. The Morgan fingerprint density at radius 1 is 0.291 bits per heavy atom. The molecule has 2 heterocycles. The van der Waals surface area contributed by atoms with Gasteiger partial charge in [0.05, 0.1) is 11.1 Å². The lowest BCUT2D eigenvalue weighted by Crippen LogP contribution is -1.94. The molecule has 0 atom stereocenters. The third-order valence-electron chi connectivity index (χ3n) is 10.3. The molecule has 258 valence electrons. The maximum absolute atomic E-state index is 6.35. The van der Waals surface area contributed by atoms with E-state index in [4.69, 9.17) is 14.4 Å². The highest BCUT2D eigenvalue weighted by Crippen LogP contribution is 2.39. The summed E-state index contributed by atoms with van der Waals surface area (Å²) < 4.78 is 6.35. The van der Waals surface area contributed by atoms with Crippen LogP contribution in [0.25, 0.3) is 100 Å². The van der Waals surface area contributed by atoms with Gasteiger partial charge in [-0.3, -0.25) is 0 Å². The van der Waals surface area contributed by atoms with Gasteiger partial charge in [0.1, 0.15) is 5.58 Å². The van der Waals surface area contributed by atoms with Gasteiger partial charge < -0.3 is 4.42 Å². The number of fused-ring (bicyclic) bond motifs is 3. The zero-order valence-corrected chi connectivity index (χ0v) is 29.9. The van der Waals surface area contributed by atoms with E-state index in [2.05, 4.69) is 170 Å². The summed E-state index contributed by atoms with van der Waals surface area (Å²) in [6.07, 6.45) is 0. The van der Waals surface area contributed by atoms with Crippen LogP contribution in [0, 0.1) is 0 Å². The van der Waals surface area contributed by atoms with Gasteiger partial charge in [0.25, 0.3) is 0 Å². The van der Waals surface area contributed by atoms with Crippen molar-refractivity contribution in [3.8, 4) is 78.3 Å². The van der Waals surface area contributed by atoms with Crippen LogP contribution in [0.2, 0.25) is 0 Å². The van der Waals surface area contributed by atoms with Crippen LogP contribution in [0.1, 0.15) is 0 Å². The van der Waals surface area contributed by atoms with E-state index in [0.29, 0.717) is 11.5 Å². The Kier molecular flexibility index (Phi) is 8.16. The van der Waals surface area contributed by atoms with Crippen molar-refractivity contribution in [1.82, 2.24) is 9.97 Å². The lowest BCUT2D eigenvalue weighted by molar-refractivity contribution is 0.653. The van der Waals surface area contributed by atoms with Gasteiger partial charge in [0, 0.05) is 16.5 Å². The molecule has 10 rings (SSSR count). The molecule has 0 saturated carbocycles. The average Bonchev–Trinajstić information content (AvgIpc) is 3.66. The van der Waals surface area contributed by atoms with Crippen LogP contribution < -0.4 is 0 Å². The minimum Gasteiger partial charge on any atom is -0.438 e. The third-order valence-corrected chi connectivity index (χ3v) is 10.3. The molecule has 0 spiro atoms.